The van der Waals surface area contributed by atoms with Crippen molar-refractivity contribution in [2.24, 2.45) is 0 Å². The molecule has 5 nitrogen and oxygen atoms in total. The van der Waals surface area contributed by atoms with Gasteiger partial charge in [0.05, 0.1) is 11.6 Å². The Morgan fingerprint density at radius 1 is 1.03 bits per heavy atom. The van der Waals surface area contributed by atoms with Crippen molar-refractivity contribution in [2.75, 3.05) is 0 Å². The van der Waals surface area contributed by atoms with Gasteiger partial charge in [-0.2, -0.15) is 18.4 Å². The fraction of sp³-hybridized carbons (Fsp3) is 0.263. The van der Waals surface area contributed by atoms with Gasteiger partial charge in [-0.25, -0.2) is 0 Å². The SMILES string of the molecule is CC(NC(=O)c1ccc(OC(F)(F)F)cc1)C(C#N)Oc1ccccc1C(F)(F)F. The van der Waals surface area contributed by atoms with Crippen LogP contribution in [0.2, 0.25) is 0 Å². The van der Waals surface area contributed by atoms with Gasteiger partial charge in [0.25, 0.3) is 5.91 Å². The van der Waals surface area contributed by atoms with Crippen LogP contribution in [0.25, 0.3) is 0 Å². The van der Waals surface area contributed by atoms with E-state index in [1.54, 1.807) is 6.07 Å². The molecule has 2 aromatic carbocycles. The fourth-order valence-corrected chi connectivity index (χ4v) is 2.35. The molecule has 1 amide bonds. The molecule has 0 fully saturated rings. The summed E-state index contributed by atoms with van der Waals surface area (Å²) in [6.45, 7) is 1.34. The van der Waals surface area contributed by atoms with Crippen LogP contribution in [0.1, 0.15) is 22.8 Å². The lowest BCUT2D eigenvalue weighted by Crippen LogP contribution is -2.43. The van der Waals surface area contributed by atoms with Crippen LogP contribution in [0.4, 0.5) is 26.3 Å². The van der Waals surface area contributed by atoms with Crippen molar-refractivity contribution in [3.05, 3.63) is 59.7 Å². The Morgan fingerprint density at radius 3 is 2.17 bits per heavy atom. The number of hydrogen-bond donors (Lipinski definition) is 1. The number of benzene rings is 2. The number of amides is 1. The molecule has 30 heavy (non-hydrogen) atoms. The van der Waals surface area contributed by atoms with Crippen LogP contribution in [0.3, 0.4) is 0 Å². The molecule has 0 radical (unpaired) electrons. The van der Waals surface area contributed by atoms with Gasteiger partial charge in [0.2, 0.25) is 6.10 Å². The summed E-state index contributed by atoms with van der Waals surface area (Å²) >= 11 is 0. The number of nitriles is 1. The van der Waals surface area contributed by atoms with E-state index in [1.807, 2.05) is 0 Å². The van der Waals surface area contributed by atoms with Crippen molar-refractivity contribution in [2.45, 2.75) is 31.6 Å². The molecule has 0 aliphatic rings. The molecule has 0 aliphatic carbocycles. The minimum atomic E-state index is -4.89. The first kappa shape index (κ1) is 22.9. The average molecular weight is 432 g/mol. The van der Waals surface area contributed by atoms with Crippen LogP contribution in [-0.2, 0) is 6.18 Å². The first-order valence-corrected chi connectivity index (χ1v) is 8.30. The van der Waals surface area contributed by atoms with E-state index in [2.05, 4.69) is 10.1 Å². The maximum Gasteiger partial charge on any atom is 0.573 e. The molecular weight excluding hydrogens is 418 g/mol. The summed E-state index contributed by atoms with van der Waals surface area (Å²) in [6.07, 6.45) is -11.1. The highest BCUT2D eigenvalue weighted by Gasteiger charge is 2.35. The maximum absolute atomic E-state index is 13.1. The zero-order chi connectivity index (χ0) is 22.5. The van der Waals surface area contributed by atoms with Crippen molar-refractivity contribution in [3.8, 4) is 17.6 Å². The summed E-state index contributed by atoms with van der Waals surface area (Å²) in [5.74, 6) is -1.88. The molecular formula is C19H14F6N2O3. The standard InChI is InChI=1S/C19H14F6N2O3/c1-11(16(10-26)29-15-5-3-2-4-14(15)18(20,21)22)27-17(28)12-6-8-13(9-7-12)30-19(23,24)25/h2-9,11,16H,1H3,(H,27,28). The molecule has 2 rings (SSSR count). The third-order valence-corrected chi connectivity index (χ3v) is 3.74. The third-order valence-electron chi connectivity index (χ3n) is 3.74. The summed E-state index contributed by atoms with van der Waals surface area (Å²) < 4.78 is 84.5. The number of halogens is 6. The first-order chi connectivity index (χ1) is 13.9. The fourth-order valence-electron chi connectivity index (χ4n) is 2.35. The summed E-state index contributed by atoms with van der Waals surface area (Å²) in [4.78, 5) is 12.2. The van der Waals surface area contributed by atoms with Gasteiger partial charge >= 0.3 is 12.5 Å². The van der Waals surface area contributed by atoms with Gasteiger partial charge in [-0.1, -0.05) is 12.1 Å². The molecule has 0 aromatic heterocycles. The lowest BCUT2D eigenvalue weighted by molar-refractivity contribution is -0.274. The molecule has 0 spiro atoms. The highest BCUT2D eigenvalue weighted by atomic mass is 19.4. The highest BCUT2D eigenvalue weighted by molar-refractivity contribution is 5.94. The Kier molecular flexibility index (Phi) is 6.81. The third kappa shape index (κ3) is 6.30. The smallest absolute Gasteiger partial charge is 0.473 e. The van der Waals surface area contributed by atoms with Crippen LogP contribution < -0.4 is 14.8 Å². The van der Waals surface area contributed by atoms with Crippen LogP contribution in [0.5, 0.6) is 11.5 Å². The molecule has 2 aromatic rings. The van der Waals surface area contributed by atoms with Crippen molar-refractivity contribution < 1.29 is 40.6 Å². The average Bonchev–Trinajstić information content (AvgIpc) is 2.64. The molecule has 0 saturated heterocycles. The molecule has 11 heteroatoms. The minimum absolute atomic E-state index is 0.0521. The Bertz CT molecular complexity index is 920. The van der Waals surface area contributed by atoms with Crippen molar-refractivity contribution in [1.29, 1.82) is 5.26 Å². The summed E-state index contributed by atoms with van der Waals surface area (Å²) in [6, 6.07) is 8.88. The summed E-state index contributed by atoms with van der Waals surface area (Å²) in [7, 11) is 0. The van der Waals surface area contributed by atoms with Crippen molar-refractivity contribution >= 4 is 5.91 Å². The van der Waals surface area contributed by atoms with E-state index < -0.39 is 47.7 Å². The minimum Gasteiger partial charge on any atom is -0.473 e. The number of para-hydroxylation sites is 1. The van der Waals surface area contributed by atoms with Crippen LogP contribution in [-0.4, -0.2) is 24.4 Å². The molecule has 0 heterocycles. The van der Waals surface area contributed by atoms with Crippen LogP contribution >= 0.6 is 0 Å². The maximum atomic E-state index is 13.1. The lowest BCUT2D eigenvalue weighted by atomic mass is 10.1. The van der Waals surface area contributed by atoms with Gasteiger partial charge in [0.1, 0.15) is 17.6 Å². The molecule has 160 valence electrons. The van der Waals surface area contributed by atoms with Gasteiger partial charge in [-0.15, -0.1) is 13.2 Å². The monoisotopic (exact) mass is 432 g/mol. The molecule has 1 N–H and O–H groups in total. The van der Waals surface area contributed by atoms with Crippen molar-refractivity contribution in [1.82, 2.24) is 5.32 Å². The number of alkyl halides is 6. The second-order valence-electron chi connectivity index (χ2n) is 6.00. The molecule has 2 unspecified atom stereocenters. The Hall–Kier alpha value is -3.42. The summed E-state index contributed by atoms with van der Waals surface area (Å²) in [5, 5.41) is 11.6. The van der Waals surface area contributed by atoms with E-state index in [4.69, 9.17) is 4.74 Å². The van der Waals surface area contributed by atoms with Crippen molar-refractivity contribution in [3.63, 3.8) is 0 Å². The van der Waals surface area contributed by atoms with E-state index in [0.717, 1.165) is 42.5 Å². The highest BCUT2D eigenvalue weighted by Crippen LogP contribution is 2.36. The van der Waals surface area contributed by atoms with Gasteiger partial charge in [-0.3, -0.25) is 4.79 Å². The second kappa shape index (κ2) is 8.94. The van der Waals surface area contributed by atoms with Crippen LogP contribution in [0, 0.1) is 11.3 Å². The van der Waals surface area contributed by atoms with E-state index >= 15 is 0 Å². The Balaban J connectivity index is 2.08. The zero-order valence-corrected chi connectivity index (χ0v) is 15.2. The van der Waals surface area contributed by atoms with Gasteiger partial charge in [-0.05, 0) is 43.3 Å². The number of nitrogens with one attached hydrogen (secondary N) is 1. The molecule has 2 atom stereocenters. The summed E-state index contributed by atoms with van der Waals surface area (Å²) in [5.41, 5.74) is -1.13. The number of nitrogens with zero attached hydrogens (tertiary/aromatic N) is 1. The Morgan fingerprint density at radius 2 is 1.63 bits per heavy atom. The molecule has 0 saturated carbocycles. The topological polar surface area (TPSA) is 71.3 Å². The second-order valence-corrected chi connectivity index (χ2v) is 6.00. The number of carbonyl (C=O) groups is 1. The predicted molar refractivity (Wildman–Crippen MR) is 91.5 cm³/mol. The van der Waals surface area contributed by atoms with E-state index in [0.29, 0.717) is 0 Å². The number of carbonyl (C=O) groups excluding carboxylic acids is 1. The Labute approximate surface area is 166 Å². The van der Waals surface area contributed by atoms with Gasteiger partial charge in [0, 0.05) is 5.56 Å². The first-order valence-electron chi connectivity index (χ1n) is 8.30. The van der Waals surface area contributed by atoms with Gasteiger partial charge < -0.3 is 14.8 Å². The van der Waals surface area contributed by atoms with Gasteiger partial charge in [0.15, 0.2) is 0 Å². The number of ether oxygens (including phenoxy) is 2. The predicted octanol–water partition coefficient (Wildman–Crippen LogP) is 4.69. The van der Waals surface area contributed by atoms with E-state index in [-0.39, 0.29) is 5.56 Å². The van der Waals surface area contributed by atoms with E-state index in [1.165, 1.54) is 13.0 Å². The quantitative estimate of drug-likeness (QED) is 0.673. The number of hydrogen-bond acceptors (Lipinski definition) is 4. The van der Waals surface area contributed by atoms with E-state index in [9.17, 15) is 36.4 Å². The lowest BCUT2D eigenvalue weighted by Gasteiger charge is -2.22. The number of rotatable bonds is 6. The largest absolute Gasteiger partial charge is 0.573 e. The normalized spacial score (nSPS) is 13.7. The van der Waals surface area contributed by atoms with Crippen LogP contribution in [0.15, 0.2) is 48.5 Å². The molecule has 0 aliphatic heterocycles. The zero-order valence-electron chi connectivity index (χ0n) is 15.2. The molecule has 0 bridgehead atoms.